The molecule has 1 heterocycles. The van der Waals surface area contributed by atoms with Crippen LogP contribution >= 0.6 is 11.6 Å². The van der Waals surface area contributed by atoms with Crippen LogP contribution in [0.15, 0.2) is 48.5 Å². The number of rotatable bonds is 4. The Labute approximate surface area is 139 Å². The van der Waals surface area contributed by atoms with Crippen molar-refractivity contribution < 1.29 is 14.3 Å². The second kappa shape index (κ2) is 6.34. The predicted molar refractivity (Wildman–Crippen MR) is 90.0 cm³/mol. The molecule has 0 radical (unpaired) electrons. The zero-order valence-corrected chi connectivity index (χ0v) is 13.6. The smallest absolute Gasteiger partial charge is 0.354 e. The lowest BCUT2D eigenvalue weighted by Crippen LogP contribution is -2.07. The second-order valence-electron chi connectivity index (χ2n) is 5.16. The maximum absolute atomic E-state index is 11.9. The molecular formula is C18H16ClNO3. The molecule has 0 fully saturated rings. The lowest BCUT2D eigenvalue weighted by atomic mass is 10.2. The Balaban J connectivity index is 2.01. The van der Waals surface area contributed by atoms with Crippen LogP contribution in [0.1, 0.15) is 16.1 Å². The molecule has 0 aliphatic rings. The third kappa shape index (κ3) is 2.90. The van der Waals surface area contributed by atoms with Crippen molar-refractivity contribution in [1.82, 2.24) is 4.57 Å². The fraction of sp³-hybridized carbons (Fsp3) is 0.167. The molecule has 0 spiro atoms. The number of aromatic nitrogens is 1. The number of hydrogen-bond acceptors (Lipinski definition) is 3. The Hall–Kier alpha value is -2.46. The average molecular weight is 330 g/mol. The number of carbonyl (C=O) groups is 1. The normalized spacial score (nSPS) is 10.7. The van der Waals surface area contributed by atoms with Gasteiger partial charge in [-0.05, 0) is 23.8 Å². The summed E-state index contributed by atoms with van der Waals surface area (Å²) in [6.07, 6.45) is 0. The van der Waals surface area contributed by atoms with Gasteiger partial charge in [-0.15, -0.1) is 0 Å². The SMILES string of the molecule is COC(=O)c1cc2c(OCc3ccccc3)ccc(Cl)c2n1C. The highest BCUT2D eigenvalue weighted by atomic mass is 35.5. The standard InChI is InChI=1S/C18H16ClNO3/c1-20-15(18(21)22-2)10-13-16(9-8-14(19)17(13)20)23-11-12-6-4-3-5-7-12/h3-10H,11H2,1-2H3. The summed E-state index contributed by atoms with van der Waals surface area (Å²) in [6, 6.07) is 15.2. The van der Waals surface area contributed by atoms with Crippen molar-refractivity contribution in [1.29, 1.82) is 0 Å². The molecule has 0 unspecified atom stereocenters. The minimum Gasteiger partial charge on any atom is -0.488 e. The number of aryl methyl sites for hydroxylation is 1. The number of ether oxygens (including phenoxy) is 2. The molecule has 23 heavy (non-hydrogen) atoms. The molecule has 0 N–H and O–H groups in total. The van der Waals surface area contributed by atoms with Gasteiger partial charge in [-0.2, -0.15) is 0 Å². The van der Waals surface area contributed by atoms with E-state index in [0.717, 1.165) is 16.5 Å². The van der Waals surface area contributed by atoms with Crippen molar-refractivity contribution in [2.24, 2.45) is 7.05 Å². The number of hydrogen-bond donors (Lipinski definition) is 0. The number of carbonyl (C=O) groups excluding carboxylic acids is 1. The number of benzene rings is 2. The van der Waals surface area contributed by atoms with Crippen LogP contribution in [-0.4, -0.2) is 17.6 Å². The molecule has 3 rings (SSSR count). The zero-order valence-electron chi connectivity index (χ0n) is 12.9. The fourth-order valence-corrected chi connectivity index (χ4v) is 2.85. The van der Waals surface area contributed by atoms with E-state index in [-0.39, 0.29) is 0 Å². The number of nitrogens with zero attached hydrogens (tertiary/aromatic N) is 1. The highest BCUT2D eigenvalue weighted by molar-refractivity contribution is 6.35. The van der Waals surface area contributed by atoms with E-state index >= 15 is 0 Å². The fourth-order valence-electron chi connectivity index (χ4n) is 2.56. The van der Waals surface area contributed by atoms with Gasteiger partial charge in [-0.25, -0.2) is 4.79 Å². The van der Waals surface area contributed by atoms with Crippen LogP contribution in [0.4, 0.5) is 0 Å². The Kier molecular flexibility index (Phi) is 4.26. The van der Waals surface area contributed by atoms with Crippen molar-refractivity contribution in [3.63, 3.8) is 0 Å². The largest absolute Gasteiger partial charge is 0.488 e. The van der Waals surface area contributed by atoms with E-state index in [9.17, 15) is 4.79 Å². The van der Waals surface area contributed by atoms with Crippen LogP contribution < -0.4 is 4.74 Å². The number of methoxy groups -OCH3 is 1. The molecule has 3 aromatic rings. The van der Waals surface area contributed by atoms with Gasteiger partial charge in [0, 0.05) is 12.4 Å². The number of halogens is 1. The third-order valence-electron chi connectivity index (χ3n) is 3.74. The molecular weight excluding hydrogens is 314 g/mol. The summed E-state index contributed by atoms with van der Waals surface area (Å²) in [5.41, 5.74) is 2.25. The van der Waals surface area contributed by atoms with Crippen LogP contribution in [0.5, 0.6) is 5.75 Å². The molecule has 4 nitrogen and oxygen atoms in total. The molecule has 5 heteroatoms. The van der Waals surface area contributed by atoms with Gasteiger partial charge in [0.25, 0.3) is 0 Å². The number of fused-ring (bicyclic) bond motifs is 1. The summed E-state index contributed by atoms with van der Waals surface area (Å²) in [4.78, 5) is 11.9. The minimum atomic E-state index is -0.409. The number of esters is 1. The first-order chi connectivity index (χ1) is 11.1. The van der Waals surface area contributed by atoms with E-state index in [4.69, 9.17) is 21.1 Å². The Morgan fingerprint density at radius 3 is 2.61 bits per heavy atom. The van der Waals surface area contributed by atoms with Crippen LogP contribution in [0.2, 0.25) is 5.02 Å². The van der Waals surface area contributed by atoms with Crippen molar-refractivity contribution >= 4 is 28.5 Å². The van der Waals surface area contributed by atoms with E-state index in [1.807, 2.05) is 36.4 Å². The van der Waals surface area contributed by atoms with Crippen molar-refractivity contribution in [2.45, 2.75) is 6.61 Å². The van der Waals surface area contributed by atoms with Crippen LogP contribution in [-0.2, 0) is 18.4 Å². The summed E-state index contributed by atoms with van der Waals surface area (Å²) in [5.74, 6) is 0.271. The Morgan fingerprint density at radius 1 is 1.17 bits per heavy atom. The lowest BCUT2D eigenvalue weighted by Gasteiger charge is -2.09. The lowest BCUT2D eigenvalue weighted by molar-refractivity contribution is 0.0590. The summed E-state index contributed by atoms with van der Waals surface area (Å²) in [5, 5.41) is 1.35. The maximum atomic E-state index is 11.9. The van der Waals surface area contributed by atoms with Gasteiger partial charge < -0.3 is 14.0 Å². The molecule has 0 atom stereocenters. The van der Waals surface area contributed by atoms with Gasteiger partial charge in [0.1, 0.15) is 18.1 Å². The molecule has 0 aliphatic carbocycles. The van der Waals surface area contributed by atoms with Crippen molar-refractivity contribution in [3.05, 3.63) is 64.8 Å². The molecule has 0 saturated heterocycles. The summed E-state index contributed by atoms with van der Waals surface area (Å²) >= 11 is 6.28. The summed E-state index contributed by atoms with van der Waals surface area (Å²) < 4.78 is 12.5. The third-order valence-corrected chi connectivity index (χ3v) is 4.04. The molecule has 118 valence electrons. The topological polar surface area (TPSA) is 40.5 Å². The molecule has 2 aromatic carbocycles. The van der Waals surface area contributed by atoms with Gasteiger partial charge in [0.05, 0.1) is 17.6 Å². The van der Waals surface area contributed by atoms with E-state index in [0.29, 0.717) is 23.1 Å². The van der Waals surface area contributed by atoms with Gasteiger partial charge in [-0.3, -0.25) is 0 Å². The predicted octanol–water partition coefficient (Wildman–Crippen LogP) is 4.20. The highest BCUT2D eigenvalue weighted by Crippen LogP contribution is 2.34. The van der Waals surface area contributed by atoms with E-state index in [1.54, 1.807) is 23.7 Å². The Morgan fingerprint density at radius 2 is 1.91 bits per heavy atom. The first-order valence-corrected chi connectivity index (χ1v) is 7.52. The minimum absolute atomic E-state index is 0.409. The van der Waals surface area contributed by atoms with Gasteiger partial charge in [0.2, 0.25) is 0 Å². The molecule has 0 bridgehead atoms. The Bertz CT molecular complexity index is 856. The molecule has 0 saturated carbocycles. The van der Waals surface area contributed by atoms with E-state index in [2.05, 4.69) is 0 Å². The molecule has 0 amide bonds. The highest BCUT2D eigenvalue weighted by Gasteiger charge is 2.18. The van der Waals surface area contributed by atoms with Crippen molar-refractivity contribution in [2.75, 3.05) is 7.11 Å². The van der Waals surface area contributed by atoms with Crippen LogP contribution in [0.25, 0.3) is 10.9 Å². The summed E-state index contributed by atoms with van der Waals surface area (Å²) in [7, 11) is 3.13. The average Bonchev–Trinajstić information content (AvgIpc) is 2.93. The second-order valence-corrected chi connectivity index (χ2v) is 5.57. The maximum Gasteiger partial charge on any atom is 0.354 e. The van der Waals surface area contributed by atoms with Gasteiger partial charge in [0.15, 0.2) is 0 Å². The molecule has 1 aromatic heterocycles. The van der Waals surface area contributed by atoms with Gasteiger partial charge in [-0.1, -0.05) is 41.9 Å². The van der Waals surface area contributed by atoms with E-state index in [1.165, 1.54) is 7.11 Å². The van der Waals surface area contributed by atoms with Crippen molar-refractivity contribution in [3.8, 4) is 5.75 Å². The van der Waals surface area contributed by atoms with E-state index < -0.39 is 5.97 Å². The first-order valence-electron chi connectivity index (χ1n) is 7.14. The zero-order chi connectivity index (χ0) is 16.4. The van der Waals surface area contributed by atoms with Crippen LogP contribution in [0, 0.1) is 0 Å². The van der Waals surface area contributed by atoms with Gasteiger partial charge >= 0.3 is 5.97 Å². The van der Waals surface area contributed by atoms with Crippen LogP contribution in [0.3, 0.4) is 0 Å². The molecule has 0 aliphatic heterocycles. The monoisotopic (exact) mass is 329 g/mol. The summed E-state index contributed by atoms with van der Waals surface area (Å²) in [6.45, 7) is 0.444. The quantitative estimate of drug-likeness (QED) is 0.674. The first kappa shape index (κ1) is 15.4.